The maximum Gasteiger partial charge on any atom is 0.00216 e. The van der Waals surface area contributed by atoms with Crippen molar-refractivity contribution in [2.75, 3.05) is 19.6 Å². The first kappa shape index (κ1) is 19.3. The zero-order chi connectivity index (χ0) is 12.4. The predicted molar refractivity (Wildman–Crippen MR) is 74.0 cm³/mol. The van der Waals surface area contributed by atoms with Crippen molar-refractivity contribution in [1.82, 2.24) is 4.90 Å². The zero-order valence-electron chi connectivity index (χ0n) is 12.0. The van der Waals surface area contributed by atoms with E-state index in [4.69, 9.17) is 0 Å². The molecule has 0 unspecified atom stereocenters. The van der Waals surface area contributed by atoms with Gasteiger partial charge in [-0.1, -0.05) is 57.5 Å². The number of likely N-dealkylation sites (N-methyl/N-ethyl adjacent to an activating group) is 1. The first-order chi connectivity index (χ1) is 7.76. The fourth-order valence-corrected chi connectivity index (χ4v) is 1.69. The van der Waals surface area contributed by atoms with Crippen LogP contribution in [0.25, 0.3) is 0 Å². The lowest BCUT2D eigenvalue weighted by molar-refractivity contribution is -0.00000373. The van der Waals surface area contributed by atoms with E-state index < -0.39 is 0 Å². The Kier molecular flexibility index (Phi) is 14.0. The fraction of sp³-hybridized carbons (Fsp3) is 0.600. The molecule has 17 heavy (non-hydrogen) atoms. The molecule has 0 atom stereocenters. The van der Waals surface area contributed by atoms with Gasteiger partial charge in [-0.2, -0.15) is 0 Å². The van der Waals surface area contributed by atoms with E-state index in [0.717, 1.165) is 13.1 Å². The van der Waals surface area contributed by atoms with Crippen LogP contribution in [0.5, 0.6) is 0 Å². The van der Waals surface area contributed by atoms with Crippen molar-refractivity contribution in [3.63, 3.8) is 0 Å². The van der Waals surface area contributed by atoms with Crippen molar-refractivity contribution < 1.29 is 24.0 Å². The van der Waals surface area contributed by atoms with Crippen LogP contribution >= 0.6 is 0 Å². The summed E-state index contributed by atoms with van der Waals surface area (Å²) >= 11 is 0. The average Bonchev–Trinajstić information content (AvgIpc) is 2.33. The molecule has 0 fully saturated rings. The van der Waals surface area contributed by atoms with Crippen molar-refractivity contribution in [1.29, 1.82) is 0 Å². The number of aryl methyl sites for hydroxylation is 1. The highest BCUT2D eigenvalue weighted by Crippen LogP contribution is 2.05. The van der Waals surface area contributed by atoms with E-state index in [-0.39, 0.29) is 24.0 Å². The molecule has 0 N–H and O–H groups in total. The molecule has 0 spiro atoms. The molecule has 0 amide bonds. The summed E-state index contributed by atoms with van der Waals surface area (Å²) in [7, 11) is 0. The first-order valence-corrected chi connectivity index (χ1v) is 6.54. The summed E-state index contributed by atoms with van der Waals surface area (Å²) in [6, 6.07) is 8.80. The van der Waals surface area contributed by atoms with E-state index in [0.29, 0.717) is 0 Å². The summed E-state index contributed by atoms with van der Waals surface area (Å²) in [5.74, 6) is 0. The Bertz CT molecular complexity index is 269. The molecule has 1 rings (SSSR count). The van der Waals surface area contributed by atoms with Gasteiger partial charge in [0.15, 0.2) is 0 Å². The summed E-state index contributed by atoms with van der Waals surface area (Å²) in [5.41, 5.74) is 2.82. The number of hydrogen-bond donors (Lipinski definition) is 0. The molecule has 1 nitrogen and oxygen atoms in total. The van der Waals surface area contributed by atoms with Crippen molar-refractivity contribution >= 4 is 0 Å². The van der Waals surface area contributed by atoms with Crippen LogP contribution < -0.4 is 24.0 Å². The second kappa shape index (κ2) is 12.4. The minimum Gasteiger partial charge on any atom is -1.00 e. The molecule has 100 valence electrons. The SMILES string of the molecule is CC.CCN(CC)CCc1cccc(C)c1.[I-]. The summed E-state index contributed by atoms with van der Waals surface area (Å²) in [4.78, 5) is 2.46. The van der Waals surface area contributed by atoms with Crippen LogP contribution in [-0.4, -0.2) is 24.5 Å². The summed E-state index contributed by atoms with van der Waals surface area (Å²) in [6.45, 7) is 14.1. The maximum absolute atomic E-state index is 2.46. The van der Waals surface area contributed by atoms with Gasteiger partial charge in [-0.05, 0) is 32.0 Å². The van der Waals surface area contributed by atoms with E-state index in [9.17, 15) is 0 Å². The van der Waals surface area contributed by atoms with Gasteiger partial charge in [0.25, 0.3) is 0 Å². The minimum atomic E-state index is 0. The average molecular weight is 348 g/mol. The zero-order valence-corrected chi connectivity index (χ0v) is 14.1. The number of halogens is 1. The molecule has 0 radical (unpaired) electrons. The van der Waals surface area contributed by atoms with E-state index >= 15 is 0 Å². The van der Waals surface area contributed by atoms with E-state index in [1.54, 1.807) is 0 Å². The van der Waals surface area contributed by atoms with Crippen LogP contribution in [0.1, 0.15) is 38.8 Å². The van der Waals surface area contributed by atoms with Gasteiger partial charge >= 0.3 is 0 Å². The number of hydrogen-bond acceptors (Lipinski definition) is 1. The molecule has 1 aromatic rings. The van der Waals surface area contributed by atoms with Gasteiger partial charge in [0.1, 0.15) is 0 Å². The van der Waals surface area contributed by atoms with Crippen molar-refractivity contribution in [2.45, 2.75) is 41.0 Å². The number of nitrogens with zero attached hydrogens (tertiary/aromatic N) is 1. The third-order valence-electron chi connectivity index (χ3n) is 2.69. The Balaban J connectivity index is 0. The first-order valence-electron chi connectivity index (χ1n) is 6.54. The molecule has 0 aliphatic heterocycles. The normalized spacial score (nSPS) is 9.29. The second-order valence-corrected chi connectivity index (χ2v) is 3.77. The molecule has 1 aromatic carbocycles. The van der Waals surface area contributed by atoms with Gasteiger partial charge in [-0.25, -0.2) is 0 Å². The lowest BCUT2D eigenvalue weighted by Gasteiger charge is -2.17. The van der Waals surface area contributed by atoms with Crippen LogP contribution in [0.2, 0.25) is 0 Å². The van der Waals surface area contributed by atoms with Gasteiger partial charge in [0.05, 0.1) is 0 Å². The van der Waals surface area contributed by atoms with Gasteiger partial charge in [0, 0.05) is 6.54 Å². The van der Waals surface area contributed by atoms with Crippen LogP contribution in [-0.2, 0) is 6.42 Å². The fourth-order valence-electron chi connectivity index (χ4n) is 1.69. The number of benzene rings is 1. The molecule has 0 aliphatic rings. The van der Waals surface area contributed by atoms with Crippen LogP contribution in [0.15, 0.2) is 24.3 Å². The molecule has 2 heteroatoms. The molecule has 0 aromatic heterocycles. The topological polar surface area (TPSA) is 3.24 Å². The Morgan fingerprint density at radius 2 is 1.65 bits per heavy atom. The second-order valence-electron chi connectivity index (χ2n) is 3.77. The highest BCUT2D eigenvalue weighted by atomic mass is 127. The summed E-state index contributed by atoms with van der Waals surface area (Å²) in [6.07, 6.45) is 1.17. The molecule has 0 bridgehead atoms. The third-order valence-corrected chi connectivity index (χ3v) is 2.69. The van der Waals surface area contributed by atoms with Crippen molar-refractivity contribution in [3.05, 3.63) is 35.4 Å². The summed E-state index contributed by atoms with van der Waals surface area (Å²) in [5, 5.41) is 0. The lowest BCUT2D eigenvalue weighted by atomic mass is 10.1. The van der Waals surface area contributed by atoms with Gasteiger partial charge in [-0.15, -0.1) is 0 Å². The molecule has 0 saturated carbocycles. The van der Waals surface area contributed by atoms with E-state index in [2.05, 4.69) is 49.9 Å². The van der Waals surface area contributed by atoms with Crippen LogP contribution in [0.3, 0.4) is 0 Å². The Labute approximate surface area is 125 Å². The number of rotatable bonds is 5. The predicted octanol–water partition coefficient (Wildman–Crippen LogP) is 0.910. The molecular weight excluding hydrogens is 321 g/mol. The van der Waals surface area contributed by atoms with Crippen molar-refractivity contribution in [2.24, 2.45) is 0 Å². The molecule has 0 heterocycles. The Morgan fingerprint density at radius 1 is 1.06 bits per heavy atom. The highest BCUT2D eigenvalue weighted by Gasteiger charge is 1.99. The summed E-state index contributed by atoms with van der Waals surface area (Å²) < 4.78 is 0. The minimum absolute atomic E-state index is 0. The largest absolute Gasteiger partial charge is 1.00 e. The van der Waals surface area contributed by atoms with Crippen LogP contribution in [0.4, 0.5) is 0 Å². The molecule has 0 aliphatic carbocycles. The Morgan fingerprint density at radius 3 is 2.12 bits per heavy atom. The van der Waals surface area contributed by atoms with Gasteiger partial charge < -0.3 is 28.9 Å². The van der Waals surface area contributed by atoms with E-state index in [1.807, 2.05) is 13.8 Å². The molecule has 0 saturated heterocycles. The smallest absolute Gasteiger partial charge is 0.00216 e. The van der Waals surface area contributed by atoms with Gasteiger partial charge in [-0.3, -0.25) is 0 Å². The Hall–Kier alpha value is -0.0900. The third kappa shape index (κ3) is 8.61. The quantitative estimate of drug-likeness (QED) is 0.715. The van der Waals surface area contributed by atoms with E-state index in [1.165, 1.54) is 24.1 Å². The molecular formula is C15H27IN-. The van der Waals surface area contributed by atoms with Crippen molar-refractivity contribution in [3.8, 4) is 0 Å². The van der Waals surface area contributed by atoms with Gasteiger partial charge in [0.2, 0.25) is 0 Å². The standard InChI is InChI=1S/C13H21N.C2H6.HI/c1-4-14(5-2)10-9-13-8-6-7-12(3)11-13;1-2;/h6-8,11H,4-5,9-10H2,1-3H3;1-2H3;1H/p-1. The highest BCUT2D eigenvalue weighted by molar-refractivity contribution is 5.22. The maximum atomic E-state index is 2.46. The van der Waals surface area contributed by atoms with Crippen LogP contribution in [0, 0.1) is 6.92 Å². The lowest BCUT2D eigenvalue weighted by Crippen LogP contribution is -3.00. The monoisotopic (exact) mass is 348 g/mol.